The largest absolute Gasteiger partial charge is 0.507 e. The molecule has 2 heterocycles. The minimum Gasteiger partial charge on any atom is -0.343 e. The van der Waals surface area contributed by atoms with Crippen molar-refractivity contribution < 1.29 is 75.6 Å². The van der Waals surface area contributed by atoms with E-state index in [9.17, 15) is 61.9 Å². The molecule has 4 aromatic rings. The Morgan fingerprint density at radius 3 is 1.21 bits per heavy atom. The average molecular weight is 943 g/mol. The number of alkyl halides is 6. The number of nitrogens with zero attached hydrogens (tertiary/aromatic N) is 2. The molecule has 0 radical (unpaired) electrons. The SMILES string of the molecule is CNS(=O)(=O)Cc1ccc(-c2ccc(C(OP(=O)(OF)OC(c3ccc(-c4ccc(CS(=O)(=O)NC)nc4)cc3)C(CF)NC(=O)C(F)F)C(CF)NC(=O)C(F)F)cc2)cn1. The summed E-state index contributed by atoms with van der Waals surface area (Å²) in [6.07, 6.45) is -9.19. The monoisotopic (exact) mass is 942 g/mol. The van der Waals surface area contributed by atoms with Crippen molar-refractivity contribution >= 4 is 39.7 Å². The first-order valence-electron chi connectivity index (χ1n) is 17.8. The highest BCUT2D eigenvalue weighted by molar-refractivity contribution is 7.88. The van der Waals surface area contributed by atoms with E-state index in [-0.39, 0.29) is 22.5 Å². The molecule has 62 heavy (non-hydrogen) atoms. The van der Waals surface area contributed by atoms with Crippen LogP contribution < -0.4 is 20.1 Å². The zero-order chi connectivity index (χ0) is 45.8. The van der Waals surface area contributed by atoms with E-state index in [4.69, 9.17) is 9.05 Å². The fraction of sp³-hybridized carbons (Fsp3) is 0.333. The molecule has 4 atom stereocenters. The molecule has 0 aliphatic carbocycles. The van der Waals surface area contributed by atoms with E-state index in [1.165, 1.54) is 75.0 Å². The van der Waals surface area contributed by atoms with Gasteiger partial charge in [-0.25, -0.2) is 39.6 Å². The van der Waals surface area contributed by atoms with Gasteiger partial charge < -0.3 is 10.6 Å². The summed E-state index contributed by atoms with van der Waals surface area (Å²) < 4.78 is 177. The summed E-state index contributed by atoms with van der Waals surface area (Å²) in [5.74, 6) is -4.93. The minimum atomic E-state index is -5.91. The van der Waals surface area contributed by atoms with Crippen LogP contribution in [0.2, 0.25) is 0 Å². The Morgan fingerprint density at radius 2 is 0.952 bits per heavy atom. The normalized spacial score (nSPS) is 15.1. The van der Waals surface area contributed by atoms with Crippen LogP contribution in [0.15, 0.2) is 85.2 Å². The van der Waals surface area contributed by atoms with Gasteiger partial charge in [0.15, 0.2) is 0 Å². The van der Waals surface area contributed by atoms with E-state index < -0.39 is 102 Å². The van der Waals surface area contributed by atoms with Crippen LogP contribution in [0.4, 0.5) is 30.9 Å². The fourth-order valence-electron chi connectivity index (χ4n) is 5.58. The molecule has 4 rings (SSSR count). The molecule has 2 amide bonds. The number of amides is 2. The second kappa shape index (κ2) is 22.0. The van der Waals surface area contributed by atoms with Gasteiger partial charge in [-0.1, -0.05) is 65.4 Å². The van der Waals surface area contributed by atoms with Gasteiger partial charge in [-0.2, -0.15) is 17.6 Å². The maximum atomic E-state index is 14.6. The highest BCUT2D eigenvalue weighted by Crippen LogP contribution is 2.57. The number of phosphoric ester groups is 1. The smallest absolute Gasteiger partial charge is 0.343 e. The molecule has 0 bridgehead atoms. The second-order valence-corrected chi connectivity index (χ2v) is 18.3. The van der Waals surface area contributed by atoms with Crippen LogP contribution in [0.3, 0.4) is 0 Å². The predicted octanol–water partition coefficient (Wildman–Crippen LogP) is 5.17. The minimum absolute atomic E-state index is 0.179. The number of benzene rings is 2. The summed E-state index contributed by atoms with van der Waals surface area (Å²) >= 11 is 0. The van der Waals surface area contributed by atoms with Crippen LogP contribution in [0.25, 0.3) is 22.3 Å². The highest BCUT2D eigenvalue weighted by atomic mass is 32.2. The third kappa shape index (κ3) is 13.8. The number of carbonyl (C=O) groups excluding carboxylic acids is 2. The van der Waals surface area contributed by atoms with Crippen LogP contribution in [-0.2, 0) is 59.5 Å². The first-order valence-corrected chi connectivity index (χ1v) is 22.5. The second-order valence-electron chi connectivity index (χ2n) is 13.0. The maximum absolute atomic E-state index is 14.6. The van der Waals surface area contributed by atoms with Gasteiger partial charge in [0.2, 0.25) is 20.0 Å². The van der Waals surface area contributed by atoms with E-state index >= 15 is 0 Å². The molecule has 0 saturated heterocycles. The number of phosphoric acid groups is 1. The van der Waals surface area contributed by atoms with Crippen LogP contribution in [0, 0.1) is 0 Å². The number of rotatable bonds is 23. The number of aromatic nitrogens is 2. The molecule has 0 aliphatic heterocycles. The Balaban J connectivity index is 1.71. The quantitative estimate of drug-likeness (QED) is 0.0559. The lowest BCUT2D eigenvalue weighted by atomic mass is 9.99. The standard InChI is InChI=1S/C36H38F7N6O10PS2/c1-44-61(53,54)19-27-13-11-25(17-46-27)21-3-7-23(8-4-21)31(29(15-37)48-35(50)33(39)40)57-60(52,59-43)58-32(30(16-38)49-36(51)34(41)42)24-9-5-22(6-10-24)26-12-14-28(47-18-26)20-62(55,56)45-2/h3-14,17-18,29-34,44-45H,15-16,19-20H2,1-2H3,(H,48,50)(H,49,51). The molecule has 16 nitrogen and oxygen atoms in total. The summed E-state index contributed by atoms with van der Waals surface area (Å²) in [5, 5.41) is 3.28. The summed E-state index contributed by atoms with van der Waals surface area (Å²) in [7, 11) is -10.8. The Kier molecular flexibility index (Phi) is 17.6. The van der Waals surface area contributed by atoms with Gasteiger partial charge in [0.05, 0.1) is 23.5 Å². The predicted molar refractivity (Wildman–Crippen MR) is 208 cm³/mol. The summed E-state index contributed by atoms with van der Waals surface area (Å²) in [5.41, 5.74) is 1.36. The molecule has 0 saturated carbocycles. The van der Waals surface area contributed by atoms with Crippen molar-refractivity contribution in [2.24, 2.45) is 0 Å². The molecule has 0 spiro atoms. The fourth-order valence-corrected chi connectivity index (χ4v) is 8.19. The first-order chi connectivity index (χ1) is 29.3. The zero-order valence-electron chi connectivity index (χ0n) is 32.3. The topological polar surface area (TPSA) is 221 Å². The number of halogens is 7. The average Bonchev–Trinajstić information content (AvgIpc) is 3.26. The lowest BCUT2D eigenvalue weighted by Gasteiger charge is -2.32. The maximum Gasteiger partial charge on any atom is 0.507 e. The molecule has 2 aromatic carbocycles. The first kappa shape index (κ1) is 49.8. The Bertz CT molecular complexity index is 2230. The van der Waals surface area contributed by atoms with Crippen molar-refractivity contribution in [1.82, 2.24) is 30.0 Å². The van der Waals surface area contributed by atoms with Gasteiger partial charge in [0.25, 0.3) is 11.8 Å². The summed E-state index contributed by atoms with van der Waals surface area (Å²) in [6, 6.07) is 11.4. The molecular weight excluding hydrogens is 905 g/mol. The van der Waals surface area contributed by atoms with Crippen molar-refractivity contribution in [3.05, 3.63) is 108 Å². The molecule has 4 N–H and O–H groups in total. The van der Waals surface area contributed by atoms with Gasteiger partial charge in [-0.3, -0.25) is 28.6 Å². The van der Waals surface area contributed by atoms with Crippen molar-refractivity contribution in [1.29, 1.82) is 0 Å². The van der Waals surface area contributed by atoms with Crippen LogP contribution >= 0.6 is 7.82 Å². The van der Waals surface area contributed by atoms with Gasteiger partial charge in [0, 0.05) is 23.5 Å². The Labute approximate surface area is 350 Å². The summed E-state index contributed by atoms with van der Waals surface area (Å²) in [4.78, 5) is 32.2. The molecule has 0 aliphatic rings. The molecule has 4 unspecified atom stereocenters. The van der Waals surface area contributed by atoms with E-state index in [2.05, 4.69) is 24.1 Å². The van der Waals surface area contributed by atoms with E-state index in [1.807, 2.05) is 0 Å². The van der Waals surface area contributed by atoms with Crippen molar-refractivity contribution in [2.75, 3.05) is 27.4 Å². The lowest BCUT2D eigenvalue weighted by Crippen LogP contribution is -2.45. The lowest BCUT2D eigenvalue weighted by molar-refractivity contribution is -0.134. The number of sulfonamides is 2. The number of pyridine rings is 2. The highest BCUT2D eigenvalue weighted by Gasteiger charge is 2.43. The van der Waals surface area contributed by atoms with E-state index in [1.54, 1.807) is 10.6 Å². The van der Waals surface area contributed by atoms with Crippen LogP contribution in [0.1, 0.15) is 34.7 Å². The van der Waals surface area contributed by atoms with E-state index in [0.717, 1.165) is 24.3 Å². The van der Waals surface area contributed by atoms with Crippen molar-refractivity contribution in [3.63, 3.8) is 0 Å². The van der Waals surface area contributed by atoms with Gasteiger partial charge in [-0.15, -0.1) is 0 Å². The Morgan fingerprint density at radius 1 is 0.613 bits per heavy atom. The molecule has 2 aromatic heterocycles. The third-order valence-corrected chi connectivity index (χ3v) is 12.5. The van der Waals surface area contributed by atoms with Crippen LogP contribution in [0.5, 0.6) is 0 Å². The molecule has 26 heteroatoms. The van der Waals surface area contributed by atoms with Crippen LogP contribution in [-0.4, -0.2) is 91.0 Å². The number of hydrogen-bond donors (Lipinski definition) is 4. The molecule has 0 fully saturated rings. The van der Waals surface area contributed by atoms with Crippen molar-refractivity contribution in [2.45, 2.75) is 48.6 Å². The molecular formula is C36H38F7N6O10PS2. The number of carbonyl (C=O) groups is 2. The zero-order valence-corrected chi connectivity index (χ0v) is 34.8. The molecule has 338 valence electrons. The van der Waals surface area contributed by atoms with Gasteiger partial charge >= 0.3 is 20.7 Å². The van der Waals surface area contributed by atoms with Crippen molar-refractivity contribution in [3.8, 4) is 22.3 Å². The van der Waals surface area contributed by atoms with Gasteiger partial charge in [0.1, 0.15) is 37.1 Å². The Hall–Kier alpha value is -4.88. The summed E-state index contributed by atoms with van der Waals surface area (Å²) in [6.45, 7) is -3.44. The van der Waals surface area contributed by atoms with E-state index in [0.29, 0.717) is 22.3 Å². The third-order valence-electron chi connectivity index (χ3n) is 8.78. The number of hydrogen-bond acceptors (Lipinski definition) is 12. The van der Waals surface area contributed by atoms with Gasteiger partial charge in [-0.05, 0) is 53.0 Å². The number of nitrogens with one attached hydrogen (secondary N) is 4.